The van der Waals surface area contributed by atoms with E-state index >= 15 is 0 Å². The van der Waals surface area contributed by atoms with Gasteiger partial charge in [0.15, 0.2) is 0 Å². The first kappa shape index (κ1) is 18.4. The van der Waals surface area contributed by atoms with Crippen LogP contribution in [0.15, 0.2) is 71.5 Å². The minimum Gasteiger partial charge on any atom is -0.472 e. The van der Waals surface area contributed by atoms with Gasteiger partial charge in [0.05, 0.1) is 33.8 Å². The number of thiophene rings is 1. The lowest BCUT2D eigenvalue weighted by atomic mass is 10.2. The molecule has 1 aromatic carbocycles. The standard InChI is InChI=1S/C22H18N4O3S/c27-21(14-6-7-14)24-20-9-8-18(30-20)22(28)23-19-12-17(15-10-11-29-13-15)25-26(19)16-4-2-1-3-5-16/h1-5,8-14H,6-7H2,(H,23,28)(H,24,27). The van der Waals surface area contributed by atoms with Crippen LogP contribution in [0, 0.1) is 5.92 Å². The highest BCUT2D eigenvalue weighted by molar-refractivity contribution is 7.18. The number of carbonyl (C=O) groups is 2. The molecule has 0 saturated heterocycles. The van der Waals surface area contributed by atoms with Crippen LogP contribution in [-0.2, 0) is 4.79 Å². The Morgan fingerprint density at radius 2 is 1.90 bits per heavy atom. The molecular weight excluding hydrogens is 400 g/mol. The number of rotatable bonds is 6. The summed E-state index contributed by atoms with van der Waals surface area (Å²) in [6, 6.07) is 16.7. The van der Waals surface area contributed by atoms with E-state index in [0.717, 1.165) is 24.1 Å². The zero-order valence-electron chi connectivity index (χ0n) is 15.9. The maximum absolute atomic E-state index is 12.9. The molecule has 0 atom stereocenters. The number of nitrogens with one attached hydrogen (secondary N) is 2. The van der Waals surface area contributed by atoms with Crippen molar-refractivity contribution >= 4 is 34.0 Å². The van der Waals surface area contributed by atoms with Crippen molar-refractivity contribution in [2.45, 2.75) is 12.8 Å². The van der Waals surface area contributed by atoms with Gasteiger partial charge in [0.1, 0.15) is 5.82 Å². The van der Waals surface area contributed by atoms with Gasteiger partial charge >= 0.3 is 0 Å². The summed E-state index contributed by atoms with van der Waals surface area (Å²) in [5, 5.41) is 11.1. The number of hydrogen-bond donors (Lipinski definition) is 2. The maximum Gasteiger partial charge on any atom is 0.266 e. The van der Waals surface area contributed by atoms with E-state index in [9.17, 15) is 9.59 Å². The Balaban J connectivity index is 1.40. The van der Waals surface area contributed by atoms with Crippen molar-refractivity contribution in [3.05, 3.63) is 72.0 Å². The Bertz CT molecular complexity index is 1190. The summed E-state index contributed by atoms with van der Waals surface area (Å²) in [5.74, 6) is 0.420. The van der Waals surface area contributed by atoms with E-state index in [-0.39, 0.29) is 17.7 Å². The molecule has 1 aliphatic carbocycles. The lowest BCUT2D eigenvalue weighted by molar-refractivity contribution is -0.117. The molecule has 7 nitrogen and oxygen atoms in total. The van der Waals surface area contributed by atoms with E-state index in [0.29, 0.717) is 21.4 Å². The minimum absolute atomic E-state index is 0.0238. The fourth-order valence-electron chi connectivity index (χ4n) is 3.06. The van der Waals surface area contributed by atoms with Crippen LogP contribution in [-0.4, -0.2) is 21.6 Å². The molecule has 2 amide bonds. The van der Waals surface area contributed by atoms with Gasteiger partial charge in [-0.05, 0) is 43.2 Å². The van der Waals surface area contributed by atoms with Crippen LogP contribution < -0.4 is 10.6 Å². The normalized spacial score (nSPS) is 13.2. The van der Waals surface area contributed by atoms with Crippen LogP contribution in [0.3, 0.4) is 0 Å². The molecular formula is C22H18N4O3S. The summed E-state index contributed by atoms with van der Waals surface area (Å²) < 4.78 is 6.84. The molecule has 1 saturated carbocycles. The van der Waals surface area contributed by atoms with Gasteiger partial charge in [-0.25, -0.2) is 4.68 Å². The van der Waals surface area contributed by atoms with Crippen LogP contribution in [0.25, 0.3) is 16.9 Å². The number of hydrogen-bond acceptors (Lipinski definition) is 5. The molecule has 3 aromatic heterocycles. The summed E-state index contributed by atoms with van der Waals surface area (Å²) >= 11 is 1.25. The van der Waals surface area contributed by atoms with Gasteiger partial charge in [-0.2, -0.15) is 5.10 Å². The molecule has 150 valence electrons. The number of amides is 2. The van der Waals surface area contributed by atoms with Crippen molar-refractivity contribution in [1.82, 2.24) is 9.78 Å². The number of furan rings is 1. The molecule has 3 heterocycles. The van der Waals surface area contributed by atoms with Gasteiger partial charge in [0, 0.05) is 17.5 Å². The summed E-state index contributed by atoms with van der Waals surface area (Å²) in [7, 11) is 0. The summed E-state index contributed by atoms with van der Waals surface area (Å²) in [6.07, 6.45) is 5.07. The van der Waals surface area contributed by atoms with Crippen molar-refractivity contribution in [2.24, 2.45) is 5.92 Å². The van der Waals surface area contributed by atoms with Gasteiger partial charge in [0.25, 0.3) is 5.91 Å². The maximum atomic E-state index is 12.9. The van der Waals surface area contributed by atoms with Crippen LogP contribution in [0.4, 0.5) is 10.8 Å². The van der Waals surface area contributed by atoms with Crippen LogP contribution in [0.2, 0.25) is 0 Å². The lowest BCUT2D eigenvalue weighted by Gasteiger charge is -2.08. The third kappa shape index (κ3) is 3.77. The molecule has 4 aromatic rings. The number of aromatic nitrogens is 2. The molecule has 2 N–H and O–H groups in total. The highest BCUT2D eigenvalue weighted by Gasteiger charge is 2.30. The second kappa shape index (κ2) is 7.64. The van der Waals surface area contributed by atoms with Gasteiger partial charge in [-0.1, -0.05) is 18.2 Å². The first-order valence-electron chi connectivity index (χ1n) is 9.57. The van der Waals surface area contributed by atoms with E-state index in [1.807, 2.05) is 36.4 Å². The smallest absolute Gasteiger partial charge is 0.266 e. The number of carbonyl (C=O) groups excluding carboxylic acids is 2. The predicted octanol–water partition coefficient (Wildman–Crippen LogP) is 4.79. The molecule has 0 spiro atoms. The molecule has 0 bridgehead atoms. The number of para-hydroxylation sites is 1. The highest BCUT2D eigenvalue weighted by atomic mass is 32.1. The molecule has 0 radical (unpaired) electrons. The number of anilines is 2. The quantitative estimate of drug-likeness (QED) is 0.471. The summed E-state index contributed by atoms with van der Waals surface area (Å²) in [5.41, 5.74) is 2.33. The number of benzene rings is 1. The van der Waals surface area contributed by atoms with Crippen LogP contribution in [0.1, 0.15) is 22.5 Å². The van der Waals surface area contributed by atoms with Crippen molar-refractivity contribution in [3.63, 3.8) is 0 Å². The van der Waals surface area contributed by atoms with Gasteiger partial charge in [-0.15, -0.1) is 11.3 Å². The molecule has 0 unspecified atom stereocenters. The Hall–Kier alpha value is -3.65. The topological polar surface area (TPSA) is 89.2 Å². The third-order valence-electron chi connectivity index (χ3n) is 4.79. The Labute approximate surface area is 176 Å². The molecule has 5 rings (SSSR count). The molecule has 8 heteroatoms. The fourth-order valence-corrected chi connectivity index (χ4v) is 3.87. The summed E-state index contributed by atoms with van der Waals surface area (Å²) in [4.78, 5) is 25.3. The molecule has 0 aliphatic heterocycles. The Morgan fingerprint density at radius 1 is 1.07 bits per heavy atom. The lowest BCUT2D eigenvalue weighted by Crippen LogP contribution is -2.14. The van der Waals surface area contributed by atoms with Crippen molar-refractivity contribution in [1.29, 1.82) is 0 Å². The second-order valence-corrected chi connectivity index (χ2v) is 8.14. The minimum atomic E-state index is -0.261. The van der Waals surface area contributed by atoms with E-state index in [1.165, 1.54) is 11.3 Å². The van der Waals surface area contributed by atoms with E-state index in [4.69, 9.17) is 4.42 Å². The average molecular weight is 418 g/mol. The van der Waals surface area contributed by atoms with Crippen molar-refractivity contribution in [2.75, 3.05) is 10.6 Å². The van der Waals surface area contributed by atoms with E-state index < -0.39 is 0 Å². The van der Waals surface area contributed by atoms with Crippen molar-refractivity contribution in [3.8, 4) is 16.9 Å². The second-order valence-electron chi connectivity index (χ2n) is 7.06. The predicted molar refractivity (Wildman–Crippen MR) is 115 cm³/mol. The molecule has 30 heavy (non-hydrogen) atoms. The number of nitrogens with zero attached hydrogens (tertiary/aromatic N) is 2. The van der Waals surface area contributed by atoms with Gasteiger partial charge in [0.2, 0.25) is 5.91 Å². The third-order valence-corrected chi connectivity index (χ3v) is 5.79. The van der Waals surface area contributed by atoms with Crippen molar-refractivity contribution < 1.29 is 14.0 Å². The molecule has 1 aliphatic rings. The highest BCUT2D eigenvalue weighted by Crippen LogP contribution is 2.32. The SMILES string of the molecule is O=C(Nc1cc(-c2ccoc2)nn1-c1ccccc1)c1ccc(NC(=O)C2CC2)s1. The Kier molecular flexibility index (Phi) is 4.68. The zero-order chi connectivity index (χ0) is 20.5. The average Bonchev–Trinajstić information content (AvgIpc) is 3.14. The fraction of sp³-hybridized carbons (Fsp3) is 0.136. The van der Waals surface area contributed by atoms with E-state index in [1.54, 1.807) is 35.4 Å². The first-order chi connectivity index (χ1) is 14.7. The Morgan fingerprint density at radius 3 is 2.63 bits per heavy atom. The summed E-state index contributed by atoms with van der Waals surface area (Å²) in [6.45, 7) is 0. The monoisotopic (exact) mass is 418 g/mol. The molecule has 1 fully saturated rings. The van der Waals surface area contributed by atoms with Crippen LogP contribution >= 0.6 is 11.3 Å². The largest absolute Gasteiger partial charge is 0.472 e. The first-order valence-corrected chi connectivity index (χ1v) is 10.4. The van der Waals surface area contributed by atoms with Gasteiger partial charge in [-0.3, -0.25) is 9.59 Å². The zero-order valence-corrected chi connectivity index (χ0v) is 16.7. The van der Waals surface area contributed by atoms with E-state index in [2.05, 4.69) is 15.7 Å². The van der Waals surface area contributed by atoms with Gasteiger partial charge < -0.3 is 15.1 Å². The van der Waals surface area contributed by atoms with Crippen LogP contribution in [0.5, 0.6) is 0 Å².